The molecule has 2 aromatic rings. The van der Waals surface area contributed by atoms with E-state index in [0.29, 0.717) is 12.0 Å². The molecule has 0 aliphatic carbocycles. The molecule has 6 N–H and O–H groups in total. The van der Waals surface area contributed by atoms with Crippen LogP contribution in [0.3, 0.4) is 0 Å². The normalized spacial score (nSPS) is 13.9. The molecule has 0 saturated carbocycles. The van der Waals surface area contributed by atoms with E-state index in [1.165, 1.54) is 6.92 Å². The molecule has 0 heterocycles. The van der Waals surface area contributed by atoms with E-state index in [1.807, 2.05) is 44.2 Å². The van der Waals surface area contributed by atoms with Crippen LogP contribution in [0.25, 0.3) is 0 Å². The third-order valence-electron chi connectivity index (χ3n) is 8.76. The highest BCUT2D eigenvalue weighted by Gasteiger charge is 2.32. The van der Waals surface area contributed by atoms with Gasteiger partial charge in [0.1, 0.15) is 24.2 Å². The molecule has 14 heteroatoms. The van der Waals surface area contributed by atoms with Crippen LogP contribution in [0.1, 0.15) is 76.2 Å². The molecule has 2 aromatic carbocycles. The summed E-state index contributed by atoms with van der Waals surface area (Å²) in [6, 6.07) is 12.1. The number of aliphatic hydroxyl groups excluding tert-OH is 1. The van der Waals surface area contributed by atoms with Crippen molar-refractivity contribution in [2.75, 3.05) is 33.4 Å². The van der Waals surface area contributed by atoms with Crippen molar-refractivity contribution in [3.63, 3.8) is 0 Å². The van der Waals surface area contributed by atoms with Gasteiger partial charge in [0.25, 0.3) is 5.91 Å². The number of carbonyl (C=O) groups is 6. The molecule has 0 aliphatic heterocycles. The molecule has 292 valence electrons. The largest absolute Gasteiger partial charge is 0.467 e. The summed E-state index contributed by atoms with van der Waals surface area (Å²) >= 11 is 0. The lowest BCUT2D eigenvalue weighted by atomic mass is 10.0. The first kappa shape index (κ1) is 44.3. The Morgan fingerprint density at radius 1 is 0.679 bits per heavy atom. The van der Waals surface area contributed by atoms with E-state index in [-0.39, 0.29) is 25.2 Å². The zero-order chi connectivity index (χ0) is 39.3. The van der Waals surface area contributed by atoms with Gasteiger partial charge in [-0.3, -0.25) is 24.0 Å². The highest BCUT2D eigenvalue weighted by atomic mass is 16.5. The summed E-state index contributed by atoms with van der Waals surface area (Å²) in [6.45, 7) is 11.2. The minimum atomic E-state index is -1.32. The SMILES string of the molecule is CCN(CC)CCCC[C@H](NC(=O)[C@H](CC(C)C)NC(=O)[C@H](C)NC(=O)[C@H](Cc1ccccc1)NC(=O)c1ccccc1)C(=O)N[C@@H](CO)C(=O)OC. The first-order valence-electron chi connectivity index (χ1n) is 18.4. The molecule has 0 spiro atoms. The number of hydrogen-bond donors (Lipinski definition) is 6. The summed E-state index contributed by atoms with van der Waals surface area (Å²) in [4.78, 5) is 81.4. The van der Waals surface area contributed by atoms with Crippen LogP contribution in [0.15, 0.2) is 60.7 Å². The number of aliphatic hydroxyl groups is 1. The summed E-state index contributed by atoms with van der Waals surface area (Å²) < 4.78 is 4.67. The van der Waals surface area contributed by atoms with Crippen LogP contribution < -0.4 is 26.6 Å². The van der Waals surface area contributed by atoms with Gasteiger partial charge in [-0.15, -0.1) is 0 Å². The number of benzene rings is 2. The van der Waals surface area contributed by atoms with Crippen molar-refractivity contribution < 1.29 is 38.6 Å². The molecule has 0 aliphatic rings. The number of hydrogen-bond acceptors (Lipinski definition) is 9. The number of nitrogens with zero attached hydrogens (tertiary/aromatic N) is 1. The van der Waals surface area contributed by atoms with E-state index >= 15 is 0 Å². The summed E-state index contributed by atoms with van der Waals surface area (Å²) in [6.07, 6.45) is 1.96. The molecule has 53 heavy (non-hydrogen) atoms. The zero-order valence-corrected chi connectivity index (χ0v) is 31.9. The number of carbonyl (C=O) groups excluding carboxylic acids is 6. The van der Waals surface area contributed by atoms with Crippen LogP contribution in [-0.4, -0.2) is 109 Å². The van der Waals surface area contributed by atoms with Crippen LogP contribution >= 0.6 is 0 Å². The van der Waals surface area contributed by atoms with Crippen LogP contribution in [0, 0.1) is 5.92 Å². The van der Waals surface area contributed by atoms with Crippen molar-refractivity contribution in [1.82, 2.24) is 31.5 Å². The van der Waals surface area contributed by atoms with Crippen LogP contribution in [-0.2, 0) is 35.1 Å². The highest BCUT2D eigenvalue weighted by Crippen LogP contribution is 2.10. The second-order valence-corrected chi connectivity index (χ2v) is 13.4. The van der Waals surface area contributed by atoms with E-state index in [9.17, 15) is 33.9 Å². The van der Waals surface area contributed by atoms with Gasteiger partial charge < -0.3 is 41.3 Å². The molecule has 5 atom stereocenters. The second kappa shape index (κ2) is 23.7. The van der Waals surface area contributed by atoms with Crippen molar-refractivity contribution in [1.29, 1.82) is 0 Å². The molecule has 0 saturated heterocycles. The smallest absolute Gasteiger partial charge is 0.330 e. The minimum absolute atomic E-state index is 0.0427. The molecule has 0 fully saturated rings. The fraction of sp³-hybridized carbons (Fsp3) is 0.538. The third kappa shape index (κ3) is 15.8. The van der Waals surface area contributed by atoms with E-state index < -0.39 is 72.3 Å². The van der Waals surface area contributed by atoms with E-state index in [1.54, 1.807) is 30.3 Å². The fourth-order valence-electron chi connectivity index (χ4n) is 5.63. The average Bonchev–Trinajstić information content (AvgIpc) is 3.15. The van der Waals surface area contributed by atoms with E-state index in [0.717, 1.165) is 38.7 Å². The lowest BCUT2D eigenvalue weighted by molar-refractivity contribution is -0.146. The summed E-state index contributed by atoms with van der Waals surface area (Å²) in [5.41, 5.74) is 1.18. The summed E-state index contributed by atoms with van der Waals surface area (Å²) in [5.74, 6) is -3.85. The first-order chi connectivity index (χ1) is 25.3. The molecule has 5 amide bonds. The Labute approximate surface area is 313 Å². The Hall–Kier alpha value is -4.82. The maximum atomic E-state index is 13.7. The zero-order valence-electron chi connectivity index (χ0n) is 31.9. The molecule has 0 radical (unpaired) electrons. The van der Waals surface area contributed by atoms with Crippen LogP contribution in [0.2, 0.25) is 0 Å². The number of nitrogens with one attached hydrogen (secondary N) is 5. The van der Waals surface area contributed by atoms with Gasteiger partial charge in [-0.05, 0) is 75.9 Å². The molecular weight excluding hydrogens is 680 g/mol. The van der Waals surface area contributed by atoms with Crippen LogP contribution in [0.5, 0.6) is 0 Å². The number of rotatable bonds is 23. The van der Waals surface area contributed by atoms with Gasteiger partial charge in [0, 0.05) is 12.0 Å². The van der Waals surface area contributed by atoms with Crippen molar-refractivity contribution in [3.05, 3.63) is 71.8 Å². The monoisotopic (exact) mass is 738 g/mol. The number of esters is 1. The standard InChI is InChI=1S/C39H58N6O8/c1-7-45(8-2)22-16-15-21-30(36(49)44-33(25-46)39(52)53-6)41-38(51)31(23-26(3)4)42-34(47)27(5)40-37(50)32(24-28-17-11-9-12-18-28)43-35(48)29-19-13-10-14-20-29/h9-14,17-20,26-27,30-33,46H,7-8,15-16,21-25H2,1-6H3,(H,40,50)(H,41,51)(H,42,47)(H,43,48)(H,44,49)/t27-,30-,31-,32-,33-/m0/s1. The van der Waals surface area contributed by atoms with Crippen LogP contribution in [0.4, 0.5) is 0 Å². The highest BCUT2D eigenvalue weighted by molar-refractivity contribution is 5.99. The van der Waals surface area contributed by atoms with E-state index in [4.69, 9.17) is 0 Å². The fourth-order valence-corrected chi connectivity index (χ4v) is 5.63. The van der Waals surface area contributed by atoms with Crippen molar-refractivity contribution >= 4 is 35.5 Å². The molecule has 0 bridgehead atoms. The predicted octanol–water partition coefficient (Wildman–Crippen LogP) is 1.71. The second-order valence-electron chi connectivity index (χ2n) is 13.4. The van der Waals surface area contributed by atoms with Gasteiger partial charge in [-0.25, -0.2) is 4.79 Å². The van der Waals surface area contributed by atoms with Crippen molar-refractivity contribution in [2.24, 2.45) is 5.92 Å². The Morgan fingerprint density at radius 2 is 1.23 bits per heavy atom. The molecule has 0 unspecified atom stereocenters. The minimum Gasteiger partial charge on any atom is -0.467 e. The Bertz CT molecular complexity index is 1450. The van der Waals surface area contributed by atoms with Gasteiger partial charge in [0.15, 0.2) is 6.04 Å². The quantitative estimate of drug-likeness (QED) is 0.0727. The van der Waals surface area contributed by atoms with Gasteiger partial charge in [0.2, 0.25) is 23.6 Å². The molecular formula is C39H58N6O8. The average molecular weight is 739 g/mol. The molecule has 14 nitrogen and oxygen atoms in total. The number of ether oxygens (including phenoxy) is 1. The molecule has 2 rings (SSSR count). The number of unbranched alkanes of at least 4 members (excludes halogenated alkanes) is 1. The van der Waals surface area contributed by atoms with Crippen molar-refractivity contribution in [2.45, 2.75) is 96.9 Å². The number of methoxy groups -OCH3 is 1. The van der Waals surface area contributed by atoms with Gasteiger partial charge >= 0.3 is 5.97 Å². The Kier molecular flexibility index (Phi) is 19.8. The Balaban J connectivity index is 2.20. The third-order valence-corrected chi connectivity index (χ3v) is 8.76. The molecule has 0 aromatic heterocycles. The first-order valence-corrected chi connectivity index (χ1v) is 18.4. The van der Waals surface area contributed by atoms with Gasteiger partial charge in [-0.1, -0.05) is 76.2 Å². The predicted molar refractivity (Wildman–Crippen MR) is 201 cm³/mol. The van der Waals surface area contributed by atoms with E-state index in [2.05, 4.69) is 50.1 Å². The maximum absolute atomic E-state index is 13.7. The maximum Gasteiger partial charge on any atom is 0.330 e. The van der Waals surface area contributed by atoms with Crippen molar-refractivity contribution in [3.8, 4) is 0 Å². The lowest BCUT2D eigenvalue weighted by Gasteiger charge is -2.27. The number of amides is 5. The summed E-state index contributed by atoms with van der Waals surface area (Å²) in [7, 11) is 1.14. The van der Waals surface area contributed by atoms with Gasteiger partial charge in [-0.2, -0.15) is 0 Å². The Morgan fingerprint density at radius 3 is 1.79 bits per heavy atom. The lowest BCUT2D eigenvalue weighted by Crippen LogP contribution is -2.59. The van der Waals surface area contributed by atoms with Gasteiger partial charge in [0.05, 0.1) is 13.7 Å². The topological polar surface area (TPSA) is 195 Å². The summed E-state index contributed by atoms with van der Waals surface area (Å²) in [5, 5.41) is 23.0.